The summed E-state index contributed by atoms with van der Waals surface area (Å²) >= 11 is 6.30. The Morgan fingerprint density at radius 1 is 0.682 bits per heavy atom. The average Bonchev–Trinajstić information content (AvgIpc) is 3.06. The number of pyridine rings is 1. The minimum absolute atomic E-state index is 0.432. The summed E-state index contributed by atoms with van der Waals surface area (Å²) in [5, 5.41) is 12.9. The van der Waals surface area contributed by atoms with E-state index in [-0.39, 0.29) is 0 Å². The zero-order valence-corrected chi connectivity index (χ0v) is 25.7. The van der Waals surface area contributed by atoms with Gasteiger partial charge in [0.15, 0.2) is 0 Å². The summed E-state index contributed by atoms with van der Waals surface area (Å²) in [6, 6.07) is 17.2. The zero-order chi connectivity index (χ0) is 30.5. The molecule has 0 bridgehead atoms. The molecule has 3 heterocycles. The van der Waals surface area contributed by atoms with Gasteiger partial charge in [-0.05, 0) is 55.7 Å². The van der Waals surface area contributed by atoms with Crippen LogP contribution in [-0.4, -0.2) is 67.4 Å². The molecule has 12 heteroatoms. The van der Waals surface area contributed by atoms with E-state index in [1.165, 1.54) is 6.42 Å². The van der Waals surface area contributed by atoms with E-state index in [0.29, 0.717) is 47.5 Å². The highest BCUT2D eigenvalue weighted by Crippen LogP contribution is 2.34. The van der Waals surface area contributed by atoms with Gasteiger partial charge in [0.1, 0.15) is 17.2 Å². The minimum atomic E-state index is 0.432. The maximum atomic E-state index is 6.30. The molecule has 0 unspecified atom stereocenters. The van der Waals surface area contributed by atoms with Crippen molar-refractivity contribution >= 4 is 62.6 Å². The Bertz CT molecular complexity index is 1760. The van der Waals surface area contributed by atoms with Gasteiger partial charge in [-0.25, -0.2) is 4.98 Å². The standard InChI is InChI=1S/C32H35ClN8O3/c1-42-22-8-10-27-26(19-22)29(25-9-7-20(33)15-28(25)37-27)34-11-12-35-30-38-31(40-32(39-30)41-13-5-4-6-14-41)36-21-16-23(43-2)18-24(17-21)44-3/h7-10,15-19H,4-6,11-14H2,1-3H3,(H,34,37)(H2,35,36,38,39,40). The molecule has 228 valence electrons. The number of nitrogens with one attached hydrogen (secondary N) is 3. The highest BCUT2D eigenvalue weighted by Gasteiger charge is 2.17. The van der Waals surface area contributed by atoms with Crippen LogP contribution in [0.2, 0.25) is 5.02 Å². The summed E-state index contributed by atoms with van der Waals surface area (Å²) in [4.78, 5) is 21.3. The van der Waals surface area contributed by atoms with Crippen LogP contribution < -0.4 is 35.1 Å². The van der Waals surface area contributed by atoms with Crippen molar-refractivity contribution in [2.75, 3.05) is 68.4 Å². The number of piperidine rings is 1. The highest BCUT2D eigenvalue weighted by atomic mass is 35.5. The average molecular weight is 615 g/mol. The fourth-order valence-corrected chi connectivity index (χ4v) is 5.49. The van der Waals surface area contributed by atoms with Crippen molar-refractivity contribution < 1.29 is 14.2 Å². The Hall–Kier alpha value is -4.77. The van der Waals surface area contributed by atoms with Gasteiger partial charge in [0.2, 0.25) is 17.8 Å². The molecule has 3 aromatic carbocycles. The first-order chi connectivity index (χ1) is 21.5. The van der Waals surface area contributed by atoms with Crippen molar-refractivity contribution in [1.29, 1.82) is 0 Å². The highest BCUT2D eigenvalue weighted by molar-refractivity contribution is 6.31. The van der Waals surface area contributed by atoms with Gasteiger partial charge < -0.3 is 35.1 Å². The van der Waals surface area contributed by atoms with E-state index in [1.807, 2.05) is 54.6 Å². The molecule has 5 aromatic rings. The molecule has 1 aliphatic heterocycles. The molecule has 0 amide bonds. The number of anilines is 5. The predicted molar refractivity (Wildman–Crippen MR) is 177 cm³/mol. The molecule has 0 saturated carbocycles. The summed E-state index contributed by atoms with van der Waals surface area (Å²) in [7, 11) is 4.90. The van der Waals surface area contributed by atoms with Crippen molar-refractivity contribution in [1.82, 2.24) is 19.9 Å². The van der Waals surface area contributed by atoms with Crippen LogP contribution in [0.4, 0.5) is 29.2 Å². The molecule has 1 saturated heterocycles. The second-order valence-corrected chi connectivity index (χ2v) is 10.9. The van der Waals surface area contributed by atoms with Crippen LogP contribution >= 0.6 is 11.6 Å². The second-order valence-electron chi connectivity index (χ2n) is 10.4. The van der Waals surface area contributed by atoms with Crippen molar-refractivity contribution in [3.8, 4) is 17.2 Å². The van der Waals surface area contributed by atoms with Crippen LogP contribution in [0.25, 0.3) is 21.8 Å². The van der Waals surface area contributed by atoms with Gasteiger partial charge in [-0.2, -0.15) is 15.0 Å². The van der Waals surface area contributed by atoms with Gasteiger partial charge in [-0.1, -0.05) is 11.6 Å². The van der Waals surface area contributed by atoms with Gasteiger partial charge in [-0.3, -0.25) is 0 Å². The summed E-state index contributed by atoms with van der Waals surface area (Å²) < 4.78 is 16.4. The largest absolute Gasteiger partial charge is 0.497 e. The predicted octanol–water partition coefficient (Wildman–Crippen LogP) is 6.51. The fourth-order valence-electron chi connectivity index (χ4n) is 5.32. The molecule has 11 nitrogen and oxygen atoms in total. The van der Waals surface area contributed by atoms with E-state index < -0.39 is 0 Å². The van der Waals surface area contributed by atoms with Crippen LogP contribution in [0.5, 0.6) is 17.2 Å². The number of methoxy groups -OCH3 is 3. The number of aromatic nitrogens is 4. The van der Waals surface area contributed by atoms with Crippen molar-refractivity contribution in [3.05, 3.63) is 59.6 Å². The van der Waals surface area contributed by atoms with Gasteiger partial charge >= 0.3 is 0 Å². The quantitative estimate of drug-likeness (QED) is 0.112. The number of nitrogens with zero attached hydrogens (tertiary/aromatic N) is 5. The Labute approximate surface area is 260 Å². The Morgan fingerprint density at radius 3 is 2.16 bits per heavy atom. The first kappa shape index (κ1) is 29.3. The molecule has 2 aromatic heterocycles. The van der Waals surface area contributed by atoms with Gasteiger partial charge in [0.25, 0.3) is 0 Å². The van der Waals surface area contributed by atoms with Crippen LogP contribution in [0, 0.1) is 0 Å². The van der Waals surface area contributed by atoms with E-state index in [4.69, 9.17) is 40.8 Å². The van der Waals surface area contributed by atoms with E-state index in [9.17, 15) is 0 Å². The number of hydrogen-bond acceptors (Lipinski definition) is 11. The lowest BCUT2D eigenvalue weighted by atomic mass is 10.1. The molecule has 0 aliphatic carbocycles. The molecule has 1 aliphatic rings. The monoisotopic (exact) mass is 614 g/mol. The fraction of sp³-hybridized carbons (Fsp3) is 0.312. The number of hydrogen-bond donors (Lipinski definition) is 3. The smallest absolute Gasteiger partial charge is 0.233 e. The molecule has 44 heavy (non-hydrogen) atoms. The number of fused-ring (bicyclic) bond motifs is 2. The number of rotatable bonds is 11. The Morgan fingerprint density at radius 2 is 1.41 bits per heavy atom. The molecular weight excluding hydrogens is 580 g/mol. The number of benzene rings is 3. The summed E-state index contributed by atoms with van der Waals surface area (Å²) in [5.41, 5.74) is 3.38. The van der Waals surface area contributed by atoms with Gasteiger partial charge in [0.05, 0.1) is 38.1 Å². The van der Waals surface area contributed by atoms with E-state index in [0.717, 1.165) is 64.9 Å². The van der Waals surface area contributed by atoms with E-state index in [1.54, 1.807) is 21.3 Å². The van der Waals surface area contributed by atoms with Crippen molar-refractivity contribution in [3.63, 3.8) is 0 Å². The third-order valence-electron chi connectivity index (χ3n) is 7.52. The molecule has 0 spiro atoms. The summed E-state index contributed by atoms with van der Waals surface area (Å²) in [5.74, 6) is 3.65. The van der Waals surface area contributed by atoms with E-state index >= 15 is 0 Å². The first-order valence-corrected chi connectivity index (χ1v) is 15.0. The van der Waals surface area contributed by atoms with Crippen LogP contribution in [0.1, 0.15) is 19.3 Å². The topological polar surface area (TPSA) is 119 Å². The minimum Gasteiger partial charge on any atom is -0.497 e. The SMILES string of the molecule is COc1cc(Nc2nc(NCCNc3c4ccc(Cl)cc4nc4ccc(OC)cc34)nc(N3CCCCC3)n2)cc(OC)c1. The Balaban J connectivity index is 1.24. The molecule has 3 N–H and O–H groups in total. The van der Waals surface area contributed by atoms with Crippen molar-refractivity contribution in [2.45, 2.75) is 19.3 Å². The van der Waals surface area contributed by atoms with Gasteiger partial charge in [-0.15, -0.1) is 0 Å². The third-order valence-corrected chi connectivity index (χ3v) is 7.76. The lowest BCUT2D eigenvalue weighted by Crippen LogP contribution is -2.31. The zero-order valence-electron chi connectivity index (χ0n) is 25.0. The second kappa shape index (κ2) is 13.3. The molecule has 1 fully saturated rings. The third kappa shape index (κ3) is 6.57. The molecular formula is C32H35ClN8O3. The molecule has 0 radical (unpaired) electrons. The molecule has 6 rings (SSSR count). The number of halogens is 1. The lowest BCUT2D eigenvalue weighted by Gasteiger charge is -2.27. The first-order valence-electron chi connectivity index (χ1n) is 14.6. The maximum Gasteiger partial charge on any atom is 0.233 e. The normalized spacial score (nSPS) is 13.1. The number of ether oxygens (including phenoxy) is 3. The summed E-state index contributed by atoms with van der Waals surface area (Å²) in [6.45, 7) is 2.97. The van der Waals surface area contributed by atoms with Gasteiger partial charge in [0, 0.05) is 65.9 Å². The van der Waals surface area contributed by atoms with Crippen LogP contribution in [0.3, 0.4) is 0 Å². The summed E-state index contributed by atoms with van der Waals surface area (Å²) in [6.07, 6.45) is 3.43. The maximum absolute atomic E-state index is 6.30. The van der Waals surface area contributed by atoms with E-state index in [2.05, 4.69) is 25.8 Å². The lowest BCUT2D eigenvalue weighted by molar-refractivity contribution is 0.395. The van der Waals surface area contributed by atoms with Crippen LogP contribution in [-0.2, 0) is 0 Å². The molecule has 0 atom stereocenters. The Kier molecular flexibility index (Phi) is 8.83. The van der Waals surface area contributed by atoms with Crippen molar-refractivity contribution in [2.24, 2.45) is 0 Å². The van der Waals surface area contributed by atoms with Crippen LogP contribution in [0.15, 0.2) is 54.6 Å².